The van der Waals surface area contributed by atoms with E-state index in [1.807, 2.05) is 20.8 Å². The lowest BCUT2D eigenvalue weighted by atomic mass is 9.86. The summed E-state index contributed by atoms with van der Waals surface area (Å²) in [4.78, 5) is 20.8. The van der Waals surface area contributed by atoms with Gasteiger partial charge in [0, 0.05) is 6.42 Å². The van der Waals surface area contributed by atoms with Gasteiger partial charge in [-0.15, -0.1) is 0 Å². The van der Waals surface area contributed by atoms with Crippen LogP contribution in [-0.4, -0.2) is 18.5 Å². The van der Waals surface area contributed by atoms with Crippen molar-refractivity contribution in [2.75, 3.05) is 0 Å². The maximum absolute atomic E-state index is 10.7. The molecule has 1 amide bonds. The monoisotopic (exact) mass is 215 g/mol. The fourth-order valence-corrected chi connectivity index (χ4v) is 1.37. The van der Waals surface area contributed by atoms with E-state index in [0.29, 0.717) is 6.42 Å². The highest BCUT2D eigenvalue weighted by atomic mass is 16.6. The number of nitrogens with two attached hydrogens (primary N) is 1. The zero-order chi connectivity index (χ0) is 11.9. The fraction of sp³-hybridized carbons (Fsp3) is 0.818. The SMILES string of the molecule is CC(C)(C)C(CCCCC=O)OC(N)=O. The Kier molecular flexibility index (Phi) is 5.97. The van der Waals surface area contributed by atoms with Gasteiger partial charge in [-0.3, -0.25) is 0 Å². The first kappa shape index (κ1) is 13.9. The number of amides is 1. The van der Waals surface area contributed by atoms with Gasteiger partial charge in [-0.05, 0) is 24.7 Å². The molecule has 88 valence electrons. The zero-order valence-corrected chi connectivity index (χ0v) is 9.79. The fourth-order valence-electron chi connectivity index (χ4n) is 1.37. The van der Waals surface area contributed by atoms with Crippen molar-refractivity contribution in [3.8, 4) is 0 Å². The second-order valence-corrected chi connectivity index (χ2v) is 4.74. The predicted molar refractivity (Wildman–Crippen MR) is 58.4 cm³/mol. The maximum atomic E-state index is 10.7. The Balaban J connectivity index is 4.02. The Hall–Kier alpha value is -1.06. The number of aldehydes is 1. The van der Waals surface area contributed by atoms with Crippen molar-refractivity contribution in [3.05, 3.63) is 0 Å². The van der Waals surface area contributed by atoms with Crippen LogP contribution in [-0.2, 0) is 9.53 Å². The van der Waals surface area contributed by atoms with Crippen LogP contribution in [0.1, 0.15) is 46.5 Å². The van der Waals surface area contributed by atoms with Crippen molar-refractivity contribution in [1.82, 2.24) is 0 Å². The number of carbonyl (C=O) groups excluding carboxylic acids is 2. The minimum absolute atomic E-state index is 0.115. The van der Waals surface area contributed by atoms with Gasteiger partial charge in [0.2, 0.25) is 0 Å². The van der Waals surface area contributed by atoms with Crippen LogP contribution >= 0.6 is 0 Å². The van der Waals surface area contributed by atoms with E-state index in [9.17, 15) is 9.59 Å². The summed E-state index contributed by atoms with van der Waals surface area (Å²) in [6.45, 7) is 6.00. The second kappa shape index (κ2) is 6.43. The van der Waals surface area contributed by atoms with E-state index in [-0.39, 0.29) is 11.5 Å². The van der Waals surface area contributed by atoms with Gasteiger partial charge >= 0.3 is 6.09 Å². The molecule has 0 aliphatic carbocycles. The van der Waals surface area contributed by atoms with Crippen molar-refractivity contribution >= 4 is 12.4 Å². The van der Waals surface area contributed by atoms with Crippen LogP contribution < -0.4 is 5.73 Å². The van der Waals surface area contributed by atoms with Crippen LogP contribution in [0.25, 0.3) is 0 Å². The molecular weight excluding hydrogens is 194 g/mol. The van der Waals surface area contributed by atoms with Gasteiger partial charge in [0.1, 0.15) is 12.4 Å². The second-order valence-electron chi connectivity index (χ2n) is 4.74. The molecule has 0 aromatic carbocycles. The minimum atomic E-state index is -0.731. The van der Waals surface area contributed by atoms with Crippen molar-refractivity contribution < 1.29 is 14.3 Å². The maximum Gasteiger partial charge on any atom is 0.404 e. The molecule has 0 aliphatic heterocycles. The Morgan fingerprint density at radius 1 is 1.40 bits per heavy atom. The van der Waals surface area contributed by atoms with E-state index in [4.69, 9.17) is 10.5 Å². The highest BCUT2D eigenvalue weighted by molar-refractivity contribution is 5.64. The number of rotatable bonds is 6. The molecule has 1 atom stereocenters. The molecule has 0 aromatic rings. The number of primary amides is 1. The summed E-state index contributed by atoms with van der Waals surface area (Å²) in [5.41, 5.74) is 4.89. The number of carbonyl (C=O) groups is 2. The van der Waals surface area contributed by atoms with Gasteiger partial charge in [0.15, 0.2) is 0 Å². The van der Waals surface area contributed by atoms with E-state index in [0.717, 1.165) is 25.5 Å². The lowest BCUT2D eigenvalue weighted by molar-refractivity contribution is -0.108. The molecule has 0 fully saturated rings. The normalized spacial score (nSPS) is 13.3. The molecule has 2 N–H and O–H groups in total. The molecule has 0 bridgehead atoms. The number of hydrogen-bond donors (Lipinski definition) is 1. The van der Waals surface area contributed by atoms with Gasteiger partial charge in [0.25, 0.3) is 0 Å². The molecule has 4 heteroatoms. The summed E-state index contributed by atoms with van der Waals surface area (Å²) in [6, 6.07) is 0. The Morgan fingerprint density at radius 2 is 2.00 bits per heavy atom. The molecule has 0 heterocycles. The third-order valence-electron chi connectivity index (χ3n) is 2.26. The van der Waals surface area contributed by atoms with Crippen molar-refractivity contribution in [2.45, 2.75) is 52.6 Å². The van der Waals surface area contributed by atoms with Gasteiger partial charge < -0.3 is 15.3 Å². The Morgan fingerprint density at radius 3 is 2.40 bits per heavy atom. The molecule has 0 spiro atoms. The minimum Gasteiger partial charge on any atom is -0.446 e. The van der Waals surface area contributed by atoms with Gasteiger partial charge in [-0.25, -0.2) is 4.79 Å². The highest BCUT2D eigenvalue weighted by Gasteiger charge is 2.26. The molecule has 4 nitrogen and oxygen atoms in total. The highest BCUT2D eigenvalue weighted by Crippen LogP contribution is 2.26. The lowest BCUT2D eigenvalue weighted by Crippen LogP contribution is -2.33. The molecule has 0 saturated carbocycles. The third kappa shape index (κ3) is 6.94. The number of unbranched alkanes of at least 4 members (excludes halogenated alkanes) is 2. The number of ether oxygens (including phenoxy) is 1. The summed E-state index contributed by atoms with van der Waals surface area (Å²) < 4.78 is 5.05. The summed E-state index contributed by atoms with van der Waals surface area (Å²) >= 11 is 0. The van der Waals surface area contributed by atoms with Crippen molar-refractivity contribution in [3.63, 3.8) is 0 Å². The van der Waals surface area contributed by atoms with Crippen LogP contribution in [0, 0.1) is 5.41 Å². The predicted octanol–water partition coefficient (Wildman–Crippen LogP) is 2.26. The van der Waals surface area contributed by atoms with E-state index in [1.54, 1.807) is 0 Å². The molecule has 0 rings (SSSR count). The zero-order valence-electron chi connectivity index (χ0n) is 9.79. The average molecular weight is 215 g/mol. The lowest BCUT2D eigenvalue weighted by Gasteiger charge is -2.29. The molecule has 0 saturated heterocycles. The molecule has 1 unspecified atom stereocenters. The van der Waals surface area contributed by atoms with Crippen LogP contribution in [0.5, 0.6) is 0 Å². The topological polar surface area (TPSA) is 69.4 Å². The van der Waals surface area contributed by atoms with Crippen molar-refractivity contribution in [2.24, 2.45) is 11.1 Å². The molecule has 15 heavy (non-hydrogen) atoms. The van der Waals surface area contributed by atoms with Crippen LogP contribution in [0.15, 0.2) is 0 Å². The molecule has 0 aromatic heterocycles. The number of hydrogen-bond acceptors (Lipinski definition) is 3. The molecule has 0 radical (unpaired) electrons. The third-order valence-corrected chi connectivity index (χ3v) is 2.26. The largest absolute Gasteiger partial charge is 0.446 e. The van der Waals surface area contributed by atoms with E-state index >= 15 is 0 Å². The summed E-state index contributed by atoms with van der Waals surface area (Å²) in [6.07, 6.45) is 3.01. The summed E-state index contributed by atoms with van der Waals surface area (Å²) in [5.74, 6) is 0. The Bertz CT molecular complexity index is 208. The molecular formula is C11H21NO3. The van der Waals surface area contributed by atoms with Crippen LogP contribution in [0.3, 0.4) is 0 Å². The smallest absolute Gasteiger partial charge is 0.404 e. The first-order chi connectivity index (χ1) is 6.88. The first-order valence-corrected chi connectivity index (χ1v) is 5.27. The van der Waals surface area contributed by atoms with Gasteiger partial charge in [0.05, 0.1) is 0 Å². The van der Waals surface area contributed by atoms with Gasteiger partial charge in [-0.1, -0.05) is 20.8 Å². The van der Waals surface area contributed by atoms with E-state index in [1.165, 1.54) is 0 Å². The average Bonchev–Trinajstić information content (AvgIpc) is 2.08. The van der Waals surface area contributed by atoms with E-state index < -0.39 is 6.09 Å². The Labute approximate surface area is 91.2 Å². The van der Waals surface area contributed by atoms with E-state index in [2.05, 4.69) is 0 Å². The van der Waals surface area contributed by atoms with Crippen LogP contribution in [0.2, 0.25) is 0 Å². The first-order valence-electron chi connectivity index (χ1n) is 5.27. The standard InChI is InChI=1S/C11H21NO3/c1-11(2,3)9(15-10(12)14)7-5-4-6-8-13/h8-9H,4-7H2,1-3H3,(H2,12,14). The van der Waals surface area contributed by atoms with Gasteiger partial charge in [-0.2, -0.15) is 0 Å². The quantitative estimate of drug-likeness (QED) is 0.545. The van der Waals surface area contributed by atoms with Crippen molar-refractivity contribution in [1.29, 1.82) is 0 Å². The summed E-state index contributed by atoms with van der Waals surface area (Å²) in [7, 11) is 0. The van der Waals surface area contributed by atoms with Crippen LogP contribution in [0.4, 0.5) is 4.79 Å². The molecule has 0 aliphatic rings. The summed E-state index contributed by atoms with van der Waals surface area (Å²) in [5, 5.41) is 0.